The lowest BCUT2D eigenvalue weighted by molar-refractivity contribution is -0.127. The largest absolute Gasteiger partial charge is 0.331 e. The highest BCUT2D eigenvalue weighted by Gasteiger charge is 2.40. The summed E-state index contributed by atoms with van der Waals surface area (Å²) < 4.78 is 0. The summed E-state index contributed by atoms with van der Waals surface area (Å²) in [6, 6.07) is 15.7. The fourth-order valence-electron chi connectivity index (χ4n) is 5.73. The number of rotatable bonds is 5. The minimum Gasteiger partial charge on any atom is -0.331 e. The highest BCUT2D eigenvalue weighted by molar-refractivity contribution is 5.98. The molecule has 34 heavy (non-hydrogen) atoms. The molecule has 2 aromatic carbocycles. The van der Waals surface area contributed by atoms with Gasteiger partial charge in [-0.1, -0.05) is 60.7 Å². The van der Waals surface area contributed by atoms with Crippen LogP contribution >= 0.6 is 0 Å². The Morgan fingerprint density at radius 2 is 1.68 bits per heavy atom. The van der Waals surface area contributed by atoms with Gasteiger partial charge in [0.05, 0.1) is 12.0 Å². The number of likely N-dealkylation sites (tertiary alicyclic amines) is 1. The number of allylic oxidation sites excluding steroid dienone is 3. The molecule has 3 aliphatic rings. The number of benzene rings is 2. The zero-order valence-corrected chi connectivity index (χ0v) is 20.2. The predicted molar refractivity (Wildman–Crippen MR) is 135 cm³/mol. The number of aryl methyl sites for hydroxylation is 2. The molecule has 2 aromatic rings. The molecule has 1 saturated carbocycles. The van der Waals surface area contributed by atoms with Crippen LogP contribution in [0.3, 0.4) is 0 Å². The van der Waals surface area contributed by atoms with Crippen molar-refractivity contribution in [2.75, 3.05) is 6.54 Å². The number of nitrogens with one attached hydrogen (secondary N) is 1. The molecule has 2 amide bonds. The van der Waals surface area contributed by atoms with Crippen molar-refractivity contribution in [3.05, 3.63) is 94.7 Å². The number of amides is 2. The van der Waals surface area contributed by atoms with E-state index < -0.39 is 0 Å². The molecule has 0 radical (unpaired) electrons. The molecule has 1 N–H and O–H groups in total. The molecule has 0 bridgehead atoms. The SMILES string of the molecule is Cc1cccc(C)c1C(=O)N1CCC[C@H](C(=O)NC2=CC(C3CC3)CC=C2)[C@@H]1c1ccccc1. The minimum atomic E-state index is -0.292. The van der Waals surface area contributed by atoms with Crippen molar-refractivity contribution in [3.8, 4) is 0 Å². The number of hydrogen-bond acceptors (Lipinski definition) is 2. The molecule has 4 heteroatoms. The molecule has 1 saturated heterocycles. The third-order valence-corrected chi connectivity index (χ3v) is 7.66. The van der Waals surface area contributed by atoms with Gasteiger partial charge in [-0.2, -0.15) is 0 Å². The van der Waals surface area contributed by atoms with Crippen LogP contribution in [0.4, 0.5) is 0 Å². The molecule has 176 valence electrons. The summed E-state index contributed by atoms with van der Waals surface area (Å²) in [5.41, 5.74) is 4.65. The molecule has 1 aliphatic heterocycles. The molecule has 1 unspecified atom stereocenters. The first-order valence-corrected chi connectivity index (χ1v) is 12.6. The van der Waals surface area contributed by atoms with E-state index in [1.807, 2.05) is 73.4 Å². The van der Waals surface area contributed by atoms with Crippen molar-refractivity contribution in [3.63, 3.8) is 0 Å². The third-order valence-electron chi connectivity index (χ3n) is 7.66. The van der Waals surface area contributed by atoms with E-state index in [1.165, 1.54) is 12.8 Å². The summed E-state index contributed by atoms with van der Waals surface area (Å²) in [7, 11) is 0. The standard InChI is InChI=1S/C30H34N2O2/c1-20-9-6-10-21(2)27(20)30(34)32-18-8-15-26(28(32)23-11-4-3-5-12-23)29(33)31-25-14-7-13-24(19-25)22-16-17-22/h3-7,9-12,14,19,22,24,26,28H,8,13,15-18H2,1-2H3,(H,31,33)/t24?,26-,28-/m0/s1. The van der Waals surface area contributed by atoms with Gasteiger partial charge in [-0.15, -0.1) is 0 Å². The quantitative estimate of drug-likeness (QED) is 0.613. The predicted octanol–water partition coefficient (Wildman–Crippen LogP) is 5.88. The fourth-order valence-corrected chi connectivity index (χ4v) is 5.73. The Hall–Kier alpha value is -3.14. The zero-order valence-electron chi connectivity index (χ0n) is 20.2. The monoisotopic (exact) mass is 454 g/mol. The van der Waals surface area contributed by atoms with Crippen molar-refractivity contribution in [1.82, 2.24) is 10.2 Å². The van der Waals surface area contributed by atoms with Crippen molar-refractivity contribution < 1.29 is 9.59 Å². The van der Waals surface area contributed by atoms with E-state index in [4.69, 9.17) is 0 Å². The fraction of sp³-hybridized carbons (Fsp3) is 0.400. The Kier molecular flexibility index (Phi) is 6.40. The summed E-state index contributed by atoms with van der Waals surface area (Å²) in [4.78, 5) is 29.5. The second-order valence-electron chi connectivity index (χ2n) is 10.1. The van der Waals surface area contributed by atoms with E-state index in [0.29, 0.717) is 12.5 Å². The van der Waals surface area contributed by atoms with Gasteiger partial charge >= 0.3 is 0 Å². The first-order chi connectivity index (χ1) is 16.5. The van der Waals surface area contributed by atoms with Crippen LogP contribution in [0.15, 0.2) is 72.5 Å². The van der Waals surface area contributed by atoms with E-state index >= 15 is 0 Å². The molecule has 0 aromatic heterocycles. The Labute approximate surface area is 202 Å². The average Bonchev–Trinajstić information content (AvgIpc) is 3.70. The second-order valence-corrected chi connectivity index (χ2v) is 10.1. The molecule has 3 atom stereocenters. The molecular weight excluding hydrogens is 420 g/mol. The molecule has 2 fully saturated rings. The first kappa shape index (κ1) is 22.6. The number of nitrogens with zero attached hydrogens (tertiary/aromatic N) is 1. The van der Waals surface area contributed by atoms with Gasteiger partial charge in [0.25, 0.3) is 5.91 Å². The minimum absolute atomic E-state index is 0.0141. The van der Waals surface area contributed by atoms with E-state index in [0.717, 1.165) is 53.1 Å². The Morgan fingerprint density at radius 1 is 0.941 bits per heavy atom. The summed E-state index contributed by atoms with van der Waals surface area (Å²) in [6.45, 7) is 4.64. The Bertz CT molecular complexity index is 1110. The normalized spacial score (nSPS) is 24.5. The average molecular weight is 455 g/mol. The maximum atomic E-state index is 13.9. The highest BCUT2D eigenvalue weighted by Crippen LogP contribution is 2.41. The van der Waals surface area contributed by atoms with Gasteiger partial charge in [0.15, 0.2) is 0 Å². The summed E-state index contributed by atoms with van der Waals surface area (Å²) in [6.07, 6.45) is 11.7. The maximum Gasteiger partial charge on any atom is 0.254 e. The zero-order chi connectivity index (χ0) is 23.7. The molecule has 2 aliphatic carbocycles. The molecule has 0 spiro atoms. The summed E-state index contributed by atoms with van der Waals surface area (Å²) in [5, 5.41) is 3.22. The summed E-state index contributed by atoms with van der Waals surface area (Å²) >= 11 is 0. The van der Waals surface area contributed by atoms with Crippen LogP contribution < -0.4 is 5.32 Å². The number of piperidine rings is 1. The van der Waals surface area contributed by atoms with Gasteiger partial charge in [-0.3, -0.25) is 9.59 Å². The van der Waals surface area contributed by atoms with Crippen LogP contribution in [0.2, 0.25) is 0 Å². The third kappa shape index (κ3) is 4.59. The van der Waals surface area contributed by atoms with Gasteiger partial charge < -0.3 is 10.2 Å². The number of hydrogen-bond donors (Lipinski definition) is 1. The van der Waals surface area contributed by atoms with E-state index in [-0.39, 0.29) is 23.8 Å². The van der Waals surface area contributed by atoms with Crippen LogP contribution in [-0.4, -0.2) is 23.3 Å². The lowest BCUT2D eigenvalue weighted by Gasteiger charge is -2.41. The van der Waals surface area contributed by atoms with Crippen molar-refractivity contribution >= 4 is 11.8 Å². The summed E-state index contributed by atoms with van der Waals surface area (Å²) in [5.74, 6) is 1.06. The van der Waals surface area contributed by atoms with Crippen LogP contribution in [0.5, 0.6) is 0 Å². The number of carbonyl (C=O) groups is 2. The van der Waals surface area contributed by atoms with Crippen LogP contribution in [0.1, 0.15) is 65.2 Å². The Balaban J connectivity index is 1.45. The van der Waals surface area contributed by atoms with Crippen LogP contribution in [-0.2, 0) is 4.79 Å². The van der Waals surface area contributed by atoms with Crippen molar-refractivity contribution in [2.24, 2.45) is 17.8 Å². The lowest BCUT2D eigenvalue weighted by Crippen LogP contribution is -2.48. The first-order valence-electron chi connectivity index (χ1n) is 12.6. The number of carbonyl (C=O) groups excluding carboxylic acids is 2. The van der Waals surface area contributed by atoms with Gasteiger partial charge in [-0.05, 0) is 80.6 Å². The van der Waals surface area contributed by atoms with E-state index in [2.05, 4.69) is 17.5 Å². The van der Waals surface area contributed by atoms with Crippen LogP contribution in [0.25, 0.3) is 0 Å². The van der Waals surface area contributed by atoms with E-state index in [1.54, 1.807) is 0 Å². The van der Waals surface area contributed by atoms with Gasteiger partial charge in [-0.25, -0.2) is 0 Å². The van der Waals surface area contributed by atoms with Gasteiger partial charge in [0.1, 0.15) is 0 Å². The maximum absolute atomic E-state index is 13.9. The topological polar surface area (TPSA) is 49.4 Å². The second kappa shape index (κ2) is 9.61. The molecule has 4 nitrogen and oxygen atoms in total. The highest BCUT2D eigenvalue weighted by atomic mass is 16.2. The van der Waals surface area contributed by atoms with Crippen LogP contribution in [0, 0.1) is 31.6 Å². The molecule has 5 rings (SSSR count). The van der Waals surface area contributed by atoms with Crippen molar-refractivity contribution in [2.45, 2.75) is 52.0 Å². The lowest BCUT2D eigenvalue weighted by atomic mass is 9.83. The molecular formula is C30H34N2O2. The van der Waals surface area contributed by atoms with Gasteiger partial charge in [0.2, 0.25) is 5.91 Å². The van der Waals surface area contributed by atoms with Gasteiger partial charge in [0, 0.05) is 17.8 Å². The van der Waals surface area contributed by atoms with Crippen molar-refractivity contribution in [1.29, 1.82) is 0 Å². The Morgan fingerprint density at radius 3 is 2.38 bits per heavy atom. The smallest absolute Gasteiger partial charge is 0.254 e. The molecule has 1 heterocycles. The van der Waals surface area contributed by atoms with E-state index in [9.17, 15) is 9.59 Å².